The van der Waals surface area contributed by atoms with Gasteiger partial charge in [-0.3, -0.25) is 19.8 Å². The summed E-state index contributed by atoms with van der Waals surface area (Å²) in [6.45, 7) is 6.44. The second kappa shape index (κ2) is 14.0. The summed E-state index contributed by atoms with van der Waals surface area (Å²) in [7, 11) is 0. The van der Waals surface area contributed by atoms with Crippen molar-refractivity contribution >= 4 is 35.0 Å². The van der Waals surface area contributed by atoms with Gasteiger partial charge >= 0.3 is 11.9 Å². The fourth-order valence-corrected chi connectivity index (χ4v) is 4.22. The van der Waals surface area contributed by atoms with Crippen molar-refractivity contribution in [2.75, 3.05) is 13.1 Å². The Morgan fingerprint density at radius 1 is 0.902 bits per heavy atom. The molecule has 41 heavy (non-hydrogen) atoms. The topological polar surface area (TPSA) is 156 Å². The van der Waals surface area contributed by atoms with Crippen LogP contribution in [0.5, 0.6) is 0 Å². The predicted octanol–water partition coefficient (Wildman–Crippen LogP) is 5.59. The molecule has 4 rings (SSSR count). The zero-order valence-electron chi connectivity index (χ0n) is 22.2. The van der Waals surface area contributed by atoms with E-state index >= 15 is 0 Å². The molecule has 2 N–H and O–H groups in total. The summed E-state index contributed by atoms with van der Waals surface area (Å²) >= 11 is 6.21. The average Bonchev–Trinajstić information content (AvgIpc) is 3.43. The largest absolute Gasteiger partial charge is 0.478 e. The monoisotopic (exact) mass is 578 g/mol. The van der Waals surface area contributed by atoms with Crippen molar-refractivity contribution in [3.05, 3.63) is 122 Å². The number of rotatable bonds is 10. The van der Waals surface area contributed by atoms with E-state index in [1.165, 1.54) is 36.4 Å². The Hall–Kier alpha value is -4.87. The molecule has 1 heterocycles. The Bertz CT molecular complexity index is 1550. The van der Waals surface area contributed by atoms with E-state index in [0.29, 0.717) is 22.8 Å². The molecule has 4 aromatic rings. The molecule has 3 aromatic carbocycles. The van der Waals surface area contributed by atoms with E-state index in [4.69, 9.17) is 21.8 Å². The molecule has 0 fully saturated rings. The maximum atomic E-state index is 13.3. The number of nitro groups is 1. The molecule has 0 aliphatic rings. The number of carbonyl (C=O) groups is 3. The molecule has 0 saturated heterocycles. The quantitative estimate of drug-likeness (QED) is 0.139. The molecule has 212 valence electrons. The molecule has 0 aliphatic heterocycles. The molecule has 0 bridgehead atoms. The zero-order valence-corrected chi connectivity index (χ0v) is 23.0. The van der Waals surface area contributed by atoms with Crippen LogP contribution in [0.1, 0.15) is 56.3 Å². The van der Waals surface area contributed by atoms with E-state index in [1.54, 1.807) is 47.3 Å². The third-order valence-corrected chi connectivity index (χ3v) is 6.51. The number of hydrogen-bond donors (Lipinski definition) is 2. The van der Waals surface area contributed by atoms with Crippen molar-refractivity contribution in [2.45, 2.75) is 20.4 Å². The van der Waals surface area contributed by atoms with Gasteiger partial charge in [-0.2, -0.15) is 0 Å². The molecule has 0 amide bonds. The van der Waals surface area contributed by atoms with Gasteiger partial charge < -0.3 is 14.8 Å². The SMILES string of the molecule is CCN(CC)Cc1nccn1-c1ccc([N+](=O)[O-])cc1C(=O)c1ccccc1Cl.O=C(O)c1ccccc1C(=O)O. The van der Waals surface area contributed by atoms with Gasteiger partial charge in [-0.05, 0) is 43.4 Å². The van der Waals surface area contributed by atoms with Crippen molar-refractivity contribution in [2.24, 2.45) is 0 Å². The first-order chi connectivity index (χ1) is 19.6. The van der Waals surface area contributed by atoms with Crippen LogP contribution in [0.3, 0.4) is 0 Å². The number of hydrogen-bond acceptors (Lipinski definition) is 7. The van der Waals surface area contributed by atoms with Gasteiger partial charge in [0.05, 0.1) is 38.9 Å². The third kappa shape index (κ3) is 7.41. The predicted molar refractivity (Wildman–Crippen MR) is 152 cm³/mol. The molecule has 1 aromatic heterocycles. The van der Waals surface area contributed by atoms with Crippen LogP contribution in [-0.4, -0.2) is 60.4 Å². The fraction of sp³-hybridized carbons (Fsp3) is 0.172. The number of non-ortho nitro benzene ring substituents is 1. The zero-order chi connectivity index (χ0) is 30.1. The van der Waals surface area contributed by atoms with Crippen molar-refractivity contribution in [3.8, 4) is 5.69 Å². The molecular weight excluding hydrogens is 552 g/mol. The number of nitrogens with zero attached hydrogens (tertiary/aromatic N) is 4. The molecule has 12 heteroatoms. The van der Waals surface area contributed by atoms with Crippen LogP contribution >= 0.6 is 11.6 Å². The van der Waals surface area contributed by atoms with Crippen LogP contribution < -0.4 is 0 Å². The minimum absolute atomic E-state index is 0.158. The first-order valence-corrected chi connectivity index (χ1v) is 12.8. The first kappa shape index (κ1) is 30.7. The number of carboxylic acid groups (broad SMARTS) is 2. The molecule has 11 nitrogen and oxygen atoms in total. The number of halogens is 1. The lowest BCUT2D eigenvalue weighted by atomic mass is 10.0. The highest BCUT2D eigenvalue weighted by molar-refractivity contribution is 6.35. The highest BCUT2D eigenvalue weighted by Crippen LogP contribution is 2.27. The molecule has 0 spiro atoms. The fourth-order valence-electron chi connectivity index (χ4n) is 3.99. The van der Waals surface area contributed by atoms with Crippen molar-refractivity contribution in [3.63, 3.8) is 0 Å². The number of carboxylic acids is 2. The lowest BCUT2D eigenvalue weighted by Crippen LogP contribution is -2.24. The summed E-state index contributed by atoms with van der Waals surface area (Å²) in [6.07, 6.45) is 3.41. The summed E-state index contributed by atoms with van der Waals surface area (Å²) in [6, 6.07) is 16.4. The number of imidazole rings is 1. The Morgan fingerprint density at radius 2 is 1.46 bits per heavy atom. The summed E-state index contributed by atoms with van der Waals surface area (Å²) in [4.78, 5) is 51.6. The number of aromatic nitrogens is 2. The van der Waals surface area contributed by atoms with E-state index in [2.05, 4.69) is 23.7 Å². The lowest BCUT2D eigenvalue weighted by Gasteiger charge is -2.19. The summed E-state index contributed by atoms with van der Waals surface area (Å²) < 4.78 is 1.80. The van der Waals surface area contributed by atoms with Crippen molar-refractivity contribution < 1.29 is 29.5 Å². The normalized spacial score (nSPS) is 10.5. The molecule has 0 saturated carbocycles. The van der Waals surface area contributed by atoms with E-state index < -0.39 is 16.9 Å². The number of nitro benzene ring substituents is 1. The van der Waals surface area contributed by atoms with Crippen LogP contribution in [-0.2, 0) is 6.54 Å². The van der Waals surface area contributed by atoms with Gasteiger partial charge in [0.2, 0.25) is 0 Å². The van der Waals surface area contributed by atoms with Crippen molar-refractivity contribution in [1.82, 2.24) is 14.5 Å². The van der Waals surface area contributed by atoms with E-state index in [1.807, 2.05) is 0 Å². The molecular formula is C29H27ClN4O7. The summed E-state index contributed by atoms with van der Waals surface area (Å²) in [5.74, 6) is -2.09. The van der Waals surface area contributed by atoms with Gasteiger partial charge in [0, 0.05) is 30.1 Å². The van der Waals surface area contributed by atoms with Gasteiger partial charge in [0.1, 0.15) is 5.82 Å². The van der Waals surface area contributed by atoms with E-state index in [9.17, 15) is 24.5 Å². The van der Waals surface area contributed by atoms with Crippen LogP contribution in [0.25, 0.3) is 5.69 Å². The van der Waals surface area contributed by atoms with Crippen LogP contribution in [0, 0.1) is 10.1 Å². The number of carbonyl (C=O) groups excluding carboxylic acids is 1. The number of ketones is 1. The van der Waals surface area contributed by atoms with Gasteiger partial charge in [0.15, 0.2) is 5.78 Å². The standard InChI is InChI=1S/C21H21ClN4O3.C8H6O4/c1-3-24(4-2)14-20-23-11-12-25(20)19-10-9-15(26(28)29)13-17(19)21(27)16-7-5-6-8-18(16)22;9-7(10)5-3-1-2-4-6(5)8(11)12/h5-13H,3-4,14H2,1-2H3;1-4H,(H,9,10)(H,11,12). The number of benzene rings is 3. The minimum Gasteiger partial charge on any atom is -0.478 e. The second-order valence-corrected chi connectivity index (χ2v) is 9.01. The average molecular weight is 579 g/mol. The van der Waals surface area contributed by atoms with Crippen LogP contribution in [0.2, 0.25) is 5.02 Å². The molecule has 0 atom stereocenters. The third-order valence-electron chi connectivity index (χ3n) is 6.18. The van der Waals surface area contributed by atoms with Gasteiger partial charge in [-0.25, -0.2) is 14.6 Å². The molecule has 0 aliphatic carbocycles. The van der Waals surface area contributed by atoms with Gasteiger partial charge in [0.25, 0.3) is 5.69 Å². The van der Waals surface area contributed by atoms with Crippen LogP contribution in [0.15, 0.2) is 79.1 Å². The Balaban J connectivity index is 0.000000322. The smallest absolute Gasteiger partial charge is 0.336 e. The maximum absolute atomic E-state index is 13.3. The summed E-state index contributed by atoms with van der Waals surface area (Å²) in [5.41, 5.74) is 0.483. The Kier molecular flexibility index (Phi) is 10.4. The first-order valence-electron chi connectivity index (χ1n) is 12.5. The Labute approximate surface area is 240 Å². The summed E-state index contributed by atoms with van der Waals surface area (Å²) in [5, 5.41) is 28.7. The molecule has 0 unspecified atom stereocenters. The van der Waals surface area contributed by atoms with E-state index in [0.717, 1.165) is 18.9 Å². The van der Waals surface area contributed by atoms with Crippen molar-refractivity contribution in [1.29, 1.82) is 0 Å². The highest BCUT2D eigenvalue weighted by atomic mass is 35.5. The van der Waals surface area contributed by atoms with Gasteiger partial charge in [-0.1, -0.05) is 49.7 Å². The van der Waals surface area contributed by atoms with Crippen LogP contribution in [0.4, 0.5) is 5.69 Å². The van der Waals surface area contributed by atoms with E-state index in [-0.39, 0.29) is 28.2 Å². The number of aromatic carboxylic acids is 2. The second-order valence-electron chi connectivity index (χ2n) is 8.60. The minimum atomic E-state index is -1.23. The Morgan fingerprint density at radius 3 is 1.98 bits per heavy atom. The highest BCUT2D eigenvalue weighted by Gasteiger charge is 2.22. The maximum Gasteiger partial charge on any atom is 0.336 e. The molecule has 0 radical (unpaired) electrons. The lowest BCUT2D eigenvalue weighted by molar-refractivity contribution is -0.384. The van der Waals surface area contributed by atoms with Gasteiger partial charge in [-0.15, -0.1) is 0 Å².